The number of ether oxygens (including phenoxy) is 1. The smallest absolute Gasteiger partial charge is 0.338 e. The minimum Gasteiger partial charge on any atom is -0.387 e. The van der Waals surface area contributed by atoms with E-state index in [1.807, 2.05) is 0 Å². The summed E-state index contributed by atoms with van der Waals surface area (Å²) in [5.74, 6) is -1.16. The van der Waals surface area contributed by atoms with Crippen molar-refractivity contribution in [3.05, 3.63) is 72.8 Å². The maximum Gasteiger partial charge on any atom is 0.338 e. The van der Waals surface area contributed by atoms with Crippen molar-refractivity contribution in [1.29, 1.82) is 0 Å². The highest BCUT2D eigenvalue weighted by Crippen LogP contribution is 2.24. The molecule has 102 valence electrons. The zero-order valence-corrected chi connectivity index (χ0v) is 11.2. The molecule has 4 rings (SSSR count). The molecule has 3 nitrogen and oxygen atoms in total. The van der Waals surface area contributed by atoms with Crippen molar-refractivity contribution in [2.75, 3.05) is 0 Å². The highest BCUT2D eigenvalue weighted by Gasteiger charge is 2.10. The Bertz CT molecular complexity index is 792. The van der Waals surface area contributed by atoms with Crippen LogP contribution >= 0.6 is 0 Å². The third kappa shape index (κ3) is 2.82. The van der Waals surface area contributed by atoms with Gasteiger partial charge in [-0.3, -0.25) is 0 Å². The summed E-state index contributed by atoms with van der Waals surface area (Å²) in [5.41, 5.74) is 0. The molecule has 3 aromatic carbocycles. The van der Waals surface area contributed by atoms with Gasteiger partial charge in [0.1, 0.15) is 0 Å². The lowest BCUT2D eigenvalue weighted by Crippen LogP contribution is -1.96. The molecule has 1 aliphatic heterocycles. The Morgan fingerprint density at radius 2 is 1.00 bits per heavy atom. The predicted molar refractivity (Wildman–Crippen MR) is 81.7 cm³/mol. The van der Waals surface area contributed by atoms with Crippen LogP contribution < -0.4 is 0 Å². The molecular weight excluding hydrogens is 264 g/mol. The molecule has 0 spiro atoms. The van der Waals surface area contributed by atoms with E-state index in [1.165, 1.54) is 21.5 Å². The average Bonchev–Trinajstić information content (AvgIpc) is 2.91. The molecule has 0 saturated heterocycles. The topological polar surface area (TPSA) is 43.4 Å². The van der Waals surface area contributed by atoms with E-state index < -0.39 is 11.9 Å². The minimum atomic E-state index is -0.579. The van der Waals surface area contributed by atoms with E-state index in [9.17, 15) is 9.59 Å². The van der Waals surface area contributed by atoms with Crippen LogP contribution in [-0.4, -0.2) is 11.9 Å². The van der Waals surface area contributed by atoms with Crippen LogP contribution in [0.25, 0.3) is 21.5 Å². The van der Waals surface area contributed by atoms with Crippen molar-refractivity contribution in [2.24, 2.45) is 0 Å². The number of fused-ring (bicyclic) bond motifs is 3. The molecule has 0 fully saturated rings. The zero-order chi connectivity index (χ0) is 14.7. The molecule has 21 heavy (non-hydrogen) atoms. The van der Waals surface area contributed by atoms with Crippen molar-refractivity contribution in [3.63, 3.8) is 0 Å². The minimum absolute atomic E-state index is 0.579. The number of cyclic esters (lactones) is 2. The predicted octanol–water partition coefficient (Wildman–Crippen LogP) is 3.62. The molecule has 3 heteroatoms. The second-order valence-electron chi connectivity index (χ2n) is 4.58. The van der Waals surface area contributed by atoms with Crippen LogP contribution in [0.1, 0.15) is 0 Å². The molecular formula is C18H12O3. The molecule has 0 radical (unpaired) electrons. The molecule has 0 bridgehead atoms. The van der Waals surface area contributed by atoms with Gasteiger partial charge in [0.15, 0.2) is 0 Å². The fourth-order valence-corrected chi connectivity index (χ4v) is 2.26. The third-order valence-corrected chi connectivity index (χ3v) is 3.21. The summed E-state index contributed by atoms with van der Waals surface area (Å²) in [6, 6.07) is 21.4. The lowest BCUT2D eigenvalue weighted by Gasteiger charge is -2.02. The first-order valence-corrected chi connectivity index (χ1v) is 6.54. The van der Waals surface area contributed by atoms with Gasteiger partial charge in [0.25, 0.3) is 0 Å². The van der Waals surface area contributed by atoms with Gasteiger partial charge in [0.2, 0.25) is 0 Å². The standard InChI is InChI=1S/C14H10.C4H2O3/c1-3-7-13-11(5-1)9-10-12-6-2-4-8-14(12)13;5-3-1-2-4(6)7-3/h1-10H;1-2H. The van der Waals surface area contributed by atoms with E-state index in [4.69, 9.17) is 0 Å². The summed E-state index contributed by atoms with van der Waals surface area (Å²) in [6.45, 7) is 0. The van der Waals surface area contributed by atoms with Crippen molar-refractivity contribution in [1.82, 2.24) is 0 Å². The number of rotatable bonds is 0. The number of benzene rings is 3. The number of carbonyl (C=O) groups excluding carboxylic acids is 2. The number of hydrogen-bond donors (Lipinski definition) is 0. The van der Waals surface area contributed by atoms with Gasteiger partial charge in [-0.25, -0.2) is 9.59 Å². The summed E-state index contributed by atoms with van der Waals surface area (Å²) in [7, 11) is 0. The summed E-state index contributed by atoms with van der Waals surface area (Å²) in [6.07, 6.45) is 2.17. The van der Waals surface area contributed by atoms with Gasteiger partial charge in [-0.1, -0.05) is 60.7 Å². The van der Waals surface area contributed by atoms with E-state index >= 15 is 0 Å². The molecule has 0 saturated carbocycles. The molecule has 0 unspecified atom stereocenters. The van der Waals surface area contributed by atoms with E-state index in [0.717, 1.165) is 12.2 Å². The molecule has 0 aromatic heterocycles. The van der Waals surface area contributed by atoms with Crippen LogP contribution in [0.2, 0.25) is 0 Å². The van der Waals surface area contributed by atoms with Crippen molar-refractivity contribution in [2.45, 2.75) is 0 Å². The van der Waals surface area contributed by atoms with Gasteiger partial charge in [-0.05, 0) is 21.5 Å². The zero-order valence-electron chi connectivity index (χ0n) is 11.2. The van der Waals surface area contributed by atoms with Gasteiger partial charge < -0.3 is 4.74 Å². The third-order valence-electron chi connectivity index (χ3n) is 3.21. The molecule has 0 N–H and O–H groups in total. The molecule has 1 heterocycles. The Morgan fingerprint density at radius 1 is 0.571 bits per heavy atom. The Morgan fingerprint density at radius 3 is 1.38 bits per heavy atom. The lowest BCUT2D eigenvalue weighted by molar-refractivity contribution is -0.150. The van der Waals surface area contributed by atoms with Crippen LogP contribution in [0, 0.1) is 0 Å². The monoisotopic (exact) mass is 276 g/mol. The maximum absolute atomic E-state index is 9.92. The van der Waals surface area contributed by atoms with Crippen molar-refractivity contribution >= 4 is 33.5 Å². The van der Waals surface area contributed by atoms with Gasteiger partial charge in [-0.15, -0.1) is 0 Å². The van der Waals surface area contributed by atoms with Gasteiger partial charge in [0, 0.05) is 12.2 Å². The molecule has 0 amide bonds. The average molecular weight is 276 g/mol. The maximum atomic E-state index is 9.92. The van der Waals surface area contributed by atoms with E-state index in [0.29, 0.717) is 0 Å². The van der Waals surface area contributed by atoms with Crippen LogP contribution in [0.5, 0.6) is 0 Å². The highest BCUT2D eigenvalue weighted by atomic mass is 16.6. The first-order valence-electron chi connectivity index (χ1n) is 6.54. The van der Waals surface area contributed by atoms with Crippen LogP contribution in [0.4, 0.5) is 0 Å². The van der Waals surface area contributed by atoms with Crippen molar-refractivity contribution < 1.29 is 14.3 Å². The first-order chi connectivity index (χ1) is 10.2. The second kappa shape index (κ2) is 5.59. The molecule has 1 aliphatic rings. The van der Waals surface area contributed by atoms with Crippen LogP contribution in [0.15, 0.2) is 72.8 Å². The fraction of sp³-hybridized carbons (Fsp3) is 0. The molecule has 3 aromatic rings. The molecule has 0 atom stereocenters. The Kier molecular flexibility index (Phi) is 3.48. The summed E-state index contributed by atoms with van der Waals surface area (Å²) in [5, 5.41) is 5.30. The Hall–Kier alpha value is -2.94. The largest absolute Gasteiger partial charge is 0.387 e. The normalized spacial score (nSPS) is 13.1. The number of hydrogen-bond acceptors (Lipinski definition) is 3. The van der Waals surface area contributed by atoms with E-state index in [-0.39, 0.29) is 0 Å². The lowest BCUT2D eigenvalue weighted by atomic mass is 10.0. The fourth-order valence-electron chi connectivity index (χ4n) is 2.26. The van der Waals surface area contributed by atoms with E-state index in [1.54, 1.807) is 0 Å². The SMILES string of the molecule is O=C1C=CC(=O)O1.c1ccc2c(c1)ccc1ccccc12. The Balaban J connectivity index is 0.000000160. The number of esters is 2. The van der Waals surface area contributed by atoms with Crippen LogP contribution in [-0.2, 0) is 14.3 Å². The number of carbonyl (C=O) groups is 2. The van der Waals surface area contributed by atoms with Gasteiger partial charge >= 0.3 is 11.9 Å². The first kappa shape index (κ1) is 13.1. The summed E-state index contributed by atoms with van der Waals surface area (Å²) >= 11 is 0. The molecule has 0 aliphatic carbocycles. The van der Waals surface area contributed by atoms with Gasteiger partial charge in [-0.2, -0.15) is 0 Å². The van der Waals surface area contributed by atoms with E-state index in [2.05, 4.69) is 65.4 Å². The second-order valence-corrected chi connectivity index (χ2v) is 4.58. The highest BCUT2D eigenvalue weighted by molar-refractivity contribution is 6.07. The summed E-state index contributed by atoms with van der Waals surface area (Å²) < 4.78 is 3.97. The quantitative estimate of drug-likeness (QED) is 0.358. The van der Waals surface area contributed by atoms with Crippen molar-refractivity contribution in [3.8, 4) is 0 Å². The Labute approximate surface area is 121 Å². The van der Waals surface area contributed by atoms with Gasteiger partial charge in [0.05, 0.1) is 0 Å². The summed E-state index contributed by atoms with van der Waals surface area (Å²) in [4.78, 5) is 19.8. The van der Waals surface area contributed by atoms with Crippen LogP contribution in [0.3, 0.4) is 0 Å².